The number of aliphatic carboxylic acids is 1. The molecule has 1 atom stereocenters. The minimum atomic E-state index is -1.03. The van der Waals surface area contributed by atoms with Crippen LogP contribution in [0.5, 0.6) is 0 Å². The summed E-state index contributed by atoms with van der Waals surface area (Å²) in [6, 6.07) is 9.04. The van der Waals surface area contributed by atoms with Gasteiger partial charge in [-0.15, -0.1) is 0 Å². The molecule has 0 spiro atoms. The molecule has 0 heterocycles. The third kappa shape index (κ3) is 3.64. The summed E-state index contributed by atoms with van der Waals surface area (Å²) >= 11 is 0. The Morgan fingerprint density at radius 3 is 2.25 bits per heavy atom. The van der Waals surface area contributed by atoms with Crippen LogP contribution in [-0.4, -0.2) is 5.97 Å². The van der Waals surface area contributed by atoms with E-state index in [1.54, 1.807) is 19.1 Å². The average Bonchev–Trinajstić information content (AvgIpc) is 2.05. The molecule has 2 nitrogen and oxygen atoms in total. The number of carboxylic acids is 1. The summed E-state index contributed by atoms with van der Waals surface area (Å²) in [7, 11) is 0. The number of rotatable bonds is 2. The van der Waals surface area contributed by atoms with Gasteiger partial charge in [-0.05, 0) is 5.56 Å². The van der Waals surface area contributed by atoms with Crippen molar-refractivity contribution in [1.29, 1.82) is 0 Å². The summed E-state index contributed by atoms with van der Waals surface area (Å²) in [6.07, 6.45) is 0. The van der Waals surface area contributed by atoms with E-state index in [1.807, 2.05) is 18.2 Å². The van der Waals surface area contributed by atoms with Crippen LogP contribution >= 0.6 is 0 Å². The second-order valence-electron chi connectivity index (χ2n) is 2.45. The number of carbonyl (C=O) groups excluding carboxylic acids is 1. The van der Waals surface area contributed by atoms with E-state index >= 15 is 0 Å². The van der Waals surface area contributed by atoms with E-state index < -0.39 is 11.9 Å². The van der Waals surface area contributed by atoms with Gasteiger partial charge in [0.2, 0.25) is 0 Å². The predicted molar refractivity (Wildman–Crippen MR) is 39.9 cm³/mol. The Morgan fingerprint density at radius 2 is 1.83 bits per heavy atom. The van der Waals surface area contributed by atoms with Crippen LogP contribution in [0.2, 0.25) is 0 Å². The van der Waals surface area contributed by atoms with Crippen molar-refractivity contribution in [2.75, 3.05) is 0 Å². The van der Waals surface area contributed by atoms with Crippen molar-refractivity contribution in [3.8, 4) is 0 Å². The normalized spacial score (nSPS) is 11.4. The summed E-state index contributed by atoms with van der Waals surface area (Å²) < 4.78 is 0. The molecule has 0 N–H and O–H groups in total. The molecule has 12 heavy (non-hydrogen) atoms. The van der Waals surface area contributed by atoms with Gasteiger partial charge in [-0.1, -0.05) is 37.3 Å². The van der Waals surface area contributed by atoms with Gasteiger partial charge in [0.05, 0.1) is 0 Å². The third-order valence-corrected chi connectivity index (χ3v) is 1.65. The van der Waals surface area contributed by atoms with Gasteiger partial charge >= 0.3 is 68.9 Å². The van der Waals surface area contributed by atoms with Gasteiger partial charge in [0.15, 0.2) is 0 Å². The molecule has 0 saturated heterocycles. The van der Waals surface area contributed by atoms with Crippen molar-refractivity contribution in [3.63, 3.8) is 0 Å². The van der Waals surface area contributed by atoms with Crippen molar-refractivity contribution in [3.05, 3.63) is 35.9 Å². The summed E-state index contributed by atoms with van der Waals surface area (Å²) in [4.78, 5) is 10.4. The topological polar surface area (TPSA) is 40.1 Å². The van der Waals surface area contributed by atoms with Crippen LogP contribution in [-0.2, 0) is 4.79 Å². The predicted octanol–water partition coefficient (Wildman–Crippen LogP) is -2.46. The molecule has 1 unspecified atom stereocenters. The zero-order valence-electron chi connectivity index (χ0n) is 7.28. The monoisotopic (exact) mass is 282 g/mol. The van der Waals surface area contributed by atoms with Crippen molar-refractivity contribution >= 4 is 5.97 Å². The van der Waals surface area contributed by atoms with E-state index in [2.05, 4.69) is 0 Å². The van der Waals surface area contributed by atoms with Gasteiger partial charge in [0, 0.05) is 11.9 Å². The quantitative estimate of drug-likeness (QED) is 0.604. The molecular formula is C9H9CsO2. The molecule has 1 rings (SSSR count). The molecule has 0 amide bonds. The minimum absolute atomic E-state index is 0. The molecular weight excluding hydrogens is 273 g/mol. The molecule has 0 aliphatic heterocycles. The van der Waals surface area contributed by atoms with Gasteiger partial charge in [0.1, 0.15) is 0 Å². The number of carboxylic acid groups (broad SMARTS) is 1. The van der Waals surface area contributed by atoms with E-state index in [1.165, 1.54) is 0 Å². The van der Waals surface area contributed by atoms with Crippen molar-refractivity contribution in [2.45, 2.75) is 12.8 Å². The van der Waals surface area contributed by atoms with Crippen LogP contribution in [0.3, 0.4) is 0 Å². The first-order chi connectivity index (χ1) is 5.22. The van der Waals surface area contributed by atoms with Crippen molar-refractivity contribution in [1.82, 2.24) is 0 Å². The maximum atomic E-state index is 10.4. The molecule has 3 heteroatoms. The van der Waals surface area contributed by atoms with Crippen LogP contribution in [0.25, 0.3) is 0 Å². The molecule has 0 aliphatic rings. The van der Waals surface area contributed by atoms with Crippen molar-refractivity contribution < 1.29 is 78.8 Å². The first kappa shape index (κ1) is 12.7. The van der Waals surface area contributed by atoms with Gasteiger partial charge in [-0.2, -0.15) is 0 Å². The Kier molecular flexibility index (Phi) is 6.62. The largest absolute Gasteiger partial charge is 1.00 e. The molecule has 0 radical (unpaired) electrons. The Hall–Kier alpha value is 0.742. The first-order valence-corrected chi connectivity index (χ1v) is 3.47. The van der Waals surface area contributed by atoms with E-state index in [9.17, 15) is 9.90 Å². The summed E-state index contributed by atoms with van der Waals surface area (Å²) in [5, 5.41) is 10.4. The van der Waals surface area contributed by atoms with E-state index in [-0.39, 0.29) is 68.9 Å². The number of carbonyl (C=O) groups is 1. The third-order valence-electron chi connectivity index (χ3n) is 1.65. The maximum absolute atomic E-state index is 10.4. The van der Waals surface area contributed by atoms with E-state index in [0.717, 1.165) is 5.56 Å². The van der Waals surface area contributed by atoms with Gasteiger partial charge in [-0.3, -0.25) is 0 Å². The SMILES string of the molecule is CC(C(=O)[O-])c1ccccc1.[Cs+]. The number of hydrogen-bond acceptors (Lipinski definition) is 2. The average molecular weight is 282 g/mol. The molecule has 58 valence electrons. The van der Waals surface area contributed by atoms with Crippen LogP contribution in [0.1, 0.15) is 18.4 Å². The van der Waals surface area contributed by atoms with Crippen LogP contribution in [0.15, 0.2) is 30.3 Å². The number of hydrogen-bond donors (Lipinski definition) is 0. The van der Waals surface area contributed by atoms with Crippen LogP contribution in [0.4, 0.5) is 0 Å². The Bertz CT molecular complexity index is 246. The fraction of sp³-hybridized carbons (Fsp3) is 0.222. The van der Waals surface area contributed by atoms with Crippen LogP contribution in [0, 0.1) is 0 Å². The summed E-state index contributed by atoms with van der Waals surface area (Å²) in [5.74, 6) is -1.55. The maximum Gasteiger partial charge on any atom is 1.00 e. The Labute approximate surface area is 131 Å². The van der Waals surface area contributed by atoms with E-state index in [0.29, 0.717) is 0 Å². The van der Waals surface area contributed by atoms with Gasteiger partial charge < -0.3 is 9.90 Å². The number of benzene rings is 1. The molecule has 0 aliphatic carbocycles. The smallest absolute Gasteiger partial charge is 0.550 e. The van der Waals surface area contributed by atoms with Gasteiger partial charge in [0.25, 0.3) is 0 Å². The zero-order chi connectivity index (χ0) is 8.27. The molecule has 1 aromatic carbocycles. The molecule has 0 bridgehead atoms. The second-order valence-corrected chi connectivity index (χ2v) is 2.45. The molecule has 0 aromatic heterocycles. The molecule has 1 aromatic rings. The van der Waals surface area contributed by atoms with Crippen LogP contribution < -0.4 is 74.0 Å². The molecule has 0 fully saturated rings. The van der Waals surface area contributed by atoms with Gasteiger partial charge in [-0.25, -0.2) is 0 Å². The second kappa shape index (κ2) is 6.23. The van der Waals surface area contributed by atoms with E-state index in [4.69, 9.17) is 0 Å². The Balaban J connectivity index is 0.00000121. The van der Waals surface area contributed by atoms with Crippen molar-refractivity contribution in [2.24, 2.45) is 0 Å². The summed E-state index contributed by atoms with van der Waals surface area (Å²) in [6.45, 7) is 1.62. The first-order valence-electron chi connectivity index (χ1n) is 3.47. The zero-order valence-corrected chi connectivity index (χ0v) is 13.6. The minimum Gasteiger partial charge on any atom is -0.550 e. The molecule has 0 saturated carbocycles. The Morgan fingerprint density at radius 1 is 1.33 bits per heavy atom. The fourth-order valence-electron chi connectivity index (χ4n) is 0.878. The summed E-state index contributed by atoms with van der Waals surface area (Å²) in [5.41, 5.74) is 0.785. The fourth-order valence-corrected chi connectivity index (χ4v) is 0.878. The standard InChI is InChI=1S/C9H10O2.Cs/c1-7(9(10)11)8-5-3-2-4-6-8;/h2-7H,1H3,(H,10,11);/q;+1/p-1.